The Kier molecular flexibility index (Phi) is 53.0. The van der Waals surface area contributed by atoms with Crippen molar-refractivity contribution in [2.45, 2.75) is 181 Å². The molecule has 0 aliphatic heterocycles. The molecule has 580 valence electrons. The summed E-state index contributed by atoms with van der Waals surface area (Å²) in [6, 6.07) is 39.5. The first-order valence-corrected chi connectivity index (χ1v) is 42.6. The number of unbranched alkanes of at least 4 members (excludes halogenated alkanes) is 3. The molecule has 1 aromatic carbocycles. The summed E-state index contributed by atoms with van der Waals surface area (Å²) in [6.45, 7) is 4.02. The lowest BCUT2D eigenvalue weighted by molar-refractivity contribution is -0.140. The van der Waals surface area contributed by atoms with E-state index in [9.17, 15) is 43.2 Å². The Labute approximate surface area is 662 Å². The molecule has 107 heavy (non-hydrogen) atoms. The molecule has 10 aromatic rings. The SMILES string of the molecule is CC(C)(CCc1cccs1)CC(=O)O.O=C(O)CCCCCc1cccs1.O=C(O)CCCCc1cccs1.O=C(O)CCCc1cccs1.O=C(O)CCCc1cccs1.O=C(O)CCCc1ccsc1.O=C(O)CCc1cccs1.O=C(O)CCc1ccsc1.O=C(O)c1ccc(Cc2cccs2)cc1. The molecule has 18 nitrogen and oxygen atoms in total. The number of hydrogen-bond donors (Lipinski definition) is 9. The van der Waals surface area contributed by atoms with E-state index in [0.29, 0.717) is 31.2 Å². The minimum atomic E-state index is -0.877. The second kappa shape index (κ2) is 59.7. The Hall–Kier alpha value is -8.25. The third kappa shape index (κ3) is 55.8. The van der Waals surface area contributed by atoms with Crippen molar-refractivity contribution >= 4 is 156 Å². The molecule has 27 heteroatoms. The molecule has 0 fully saturated rings. The molecule has 0 unspecified atom stereocenters. The van der Waals surface area contributed by atoms with Crippen LogP contribution in [0.1, 0.15) is 184 Å². The van der Waals surface area contributed by atoms with Crippen molar-refractivity contribution in [2.75, 3.05) is 0 Å². The molecule has 10 rings (SSSR count). The molecule has 0 bridgehead atoms. The first kappa shape index (κ1) is 94.8. The number of benzene rings is 1. The number of aromatic carboxylic acids is 1. The lowest BCUT2D eigenvalue weighted by Crippen LogP contribution is -2.17. The third-order valence-electron chi connectivity index (χ3n) is 14.6. The molecule has 0 saturated carbocycles. The minimum absolute atomic E-state index is 0.101. The van der Waals surface area contributed by atoms with Crippen LogP contribution < -0.4 is 0 Å². The van der Waals surface area contributed by atoms with Crippen LogP contribution in [0, 0.1) is 5.41 Å². The summed E-state index contributed by atoms with van der Waals surface area (Å²) in [6.07, 6.45) is 18.0. The van der Waals surface area contributed by atoms with Crippen LogP contribution in [0.2, 0.25) is 0 Å². The van der Waals surface area contributed by atoms with Gasteiger partial charge in [0.25, 0.3) is 0 Å². The van der Waals surface area contributed by atoms with Gasteiger partial charge >= 0.3 is 53.7 Å². The molecule has 0 aliphatic carbocycles. The zero-order chi connectivity index (χ0) is 78.7. The summed E-state index contributed by atoms with van der Waals surface area (Å²) in [5.74, 6) is -6.54. The highest BCUT2D eigenvalue weighted by atomic mass is 32.1. The maximum absolute atomic E-state index is 10.6. The highest BCUT2D eigenvalue weighted by Crippen LogP contribution is 2.28. The van der Waals surface area contributed by atoms with Crippen LogP contribution in [-0.4, -0.2) is 99.7 Å². The van der Waals surface area contributed by atoms with Crippen LogP contribution in [0.3, 0.4) is 0 Å². The van der Waals surface area contributed by atoms with Gasteiger partial charge in [-0.3, -0.25) is 38.4 Å². The van der Waals surface area contributed by atoms with Crippen LogP contribution in [0.25, 0.3) is 0 Å². The van der Waals surface area contributed by atoms with Gasteiger partial charge in [0.1, 0.15) is 0 Å². The Morgan fingerprint density at radius 2 is 0.589 bits per heavy atom. The van der Waals surface area contributed by atoms with Crippen molar-refractivity contribution < 1.29 is 89.1 Å². The summed E-state index contributed by atoms with van der Waals surface area (Å²) in [7, 11) is 0. The number of carboxylic acid groups (broad SMARTS) is 9. The van der Waals surface area contributed by atoms with Crippen LogP contribution in [-0.2, 0) is 96.1 Å². The van der Waals surface area contributed by atoms with E-state index in [1.165, 1.54) is 34.8 Å². The van der Waals surface area contributed by atoms with Crippen LogP contribution in [0.15, 0.2) is 181 Å². The summed E-state index contributed by atoms with van der Waals surface area (Å²) in [4.78, 5) is 101. The molecule has 9 N–H and O–H groups in total. The monoisotopic (exact) mass is 1630 g/mol. The molecule has 0 radical (unpaired) electrons. The van der Waals surface area contributed by atoms with Gasteiger partial charge < -0.3 is 46.0 Å². The van der Waals surface area contributed by atoms with E-state index in [1.807, 2.05) is 136 Å². The average Bonchev–Trinajstić information content (AvgIpc) is 1.80. The quantitative estimate of drug-likeness (QED) is 0.0163. The molecule has 0 spiro atoms. The van der Waals surface area contributed by atoms with E-state index in [-0.39, 0.29) is 43.9 Å². The second-order valence-electron chi connectivity index (χ2n) is 24.3. The second-order valence-corrected chi connectivity index (χ2v) is 33.1. The standard InChI is InChI=1S/C12H10O2S.C11H16O2S.C10H14O2S.C9H12O2S.3C8H10O2S.2C7H8O2S/c13-12(14)10-5-3-9(4-6-10)8-11-2-1-7-15-11;1-11(2,8-10(12)13)6-5-9-4-3-7-14-9;11-10(12)7-3-1-2-5-9-6-4-8-13-9;10-9(11)6-2-1-4-8-5-3-7-12-8;2*9-8(10)5-1-3-7-4-2-6-11-7;9-8(10)3-1-2-7-4-5-11-6-7;8-7(9)2-1-6-3-4-10-5-6;8-7(9)4-3-6-2-1-5-10-6/h1-7H,8H2,(H,13,14);3-4,7H,5-6,8H2,1-2H3,(H,12,13);4,6,8H,1-3,5,7H2,(H,11,12);3,5,7H,1-2,4,6H2,(H,10,11);2*2,4,6H,1,3,5H2,(H,9,10);4-6H,1-3H2,(H,9,10);3-5H,1-2H2,(H,8,9);1-2,5H,3-4H2,(H,8,9). The first-order valence-electron chi connectivity index (χ1n) is 34.5. The molecule has 0 amide bonds. The Bertz CT molecular complexity index is 3680. The van der Waals surface area contributed by atoms with Crippen molar-refractivity contribution in [3.63, 3.8) is 0 Å². The predicted molar refractivity (Wildman–Crippen MR) is 438 cm³/mol. The molecule has 9 heterocycles. The van der Waals surface area contributed by atoms with Crippen molar-refractivity contribution in [2.24, 2.45) is 5.41 Å². The molecule has 0 aliphatic rings. The summed E-state index contributed by atoms with van der Waals surface area (Å²) >= 11 is 15.2. The van der Waals surface area contributed by atoms with Crippen molar-refractivity contribution in [1.29, 1.82) is 0 Å². The zero-order valence-corrected chi connectivity index (χ0v) is 67.5. The van der Waals surface area contributed by atoms with E-state index in [0.717, 1.165) is 119 Å². The van der Waals surface area contributed by atoms with E-state index < -0.39 is 53.7 Å². The minimum Gasteiger partial charge on any atom is -0.481 e. The molecular weight excluding hydrogens is 1540 g/mol. The Morgan fingerprint density at radius 1 is 0.280 bits per heavy atom. The van der Waals surface area contributed by atoms with Gasteiger partial charge in [0.2, 0.25) is 0 Å². The molecule has 9 aromatic heterocycles. The van der Waals surface area contributed by atoms with Crippen LogP contribution in [0.4, 0.5) is 0 Å². The Balaban J connectivity index is 0.000000410. The maximum atomic E-state index is 10.6. The lowest BCUT2D eigenvalue weighted by atomic mass is 9.84. The smallest absolute Gasteiger partial charge is 0.335 e. The highest BCUT2D eigenvalue weighted by Gasteiger charge is 2.21. The van der Waals surface area contributed by atoms with Crippen LogP contribution in [0.5, 0.6) is 0 Å². The fourth-order valence-corrected chi connectivity index (χ4v) is 15.6. The number of thiophene rings is 9. The van der Waals surface area contributed by atoms with Gasteiger partial charge in [0.05, 0.1) is 18.4 Å². The predicted octanol–water partition coefficient (Wildman–Crippen LogP) is 21.7. The van der Waals surface area contributed by atoms with Gasteiger partial charge in [-0.1, -0.05) is 74.9 Å². The normalized spacial score (nSPS) is 10.1. The Morgan fingerprint density at radius 3 is 0.925 bits per heavy atom. The number of rotatable bonds is 37. The molecule has 0 atom stereocenters. The summed E-state index contributed by atoms with van der Waals surface area (Å²) < 4.78 is 0. The molecular formula is C80H98O18S9. The highest BCUT2D eigenvalue weighted by molar-refractivity contribution is 7.11. The first-order chi connectivity index (χ1) is 51.3. The van der Waals surface area contributed by atoms with Gasteiger partial charge in [-0.2, -0.15) is 22.7 Å². The fraction of sp³-hybridized carbons (Fsp3) is 0.362. The zero-order valence-electron chi connectivity index (χ0n) is 60.2. The lowest BCUT2D eigenvalue weighted by Gasteiger charge is -2.21. The summed E-state index contributed by atoms with van der Waals surface area (Å²) in [5, 5.41) is 98.1. The number of aliphatic carboxylic acids is 8. The van der Waals surface area contributed by atoms with Gasteiger partial charge in [0.15, 0.2) is 0 Å². The summed E-state index contributed by atoms with van der Waals surface area (Å²) in [5.41, 5.74) is 3.74. The van der Waals surface area contributed by atoms with Crippen LogP contribution >= 0.6 is 102 Å². The van der Waals surface area contributed by atoms with E-state index >= 15 is 0 Å². The average molecular weight is 1640 g/mol. The maximum Gasteiger partial charge on any atom is 0.335 e. The molecule has 0 saturated heterocycles. The van der Waals surface area contributed by atoms with Crippen molar-refractivity contribution in [3.8, 4) is 0 Å². The van der Waals surface area contributed by atoms with Crippen molar-refractivity contribution in [1.82, 2.24) is 0 Å². The van der Waals surface area contributed by atoms with Crippen molar-refractivity contribution in [3.05, 3.63) is 237 Å². The largest absolute Gasteiger partial charge is 0.481 e. The topological polar surface area (TPSA) is 336 Å². The van der Waals surface area contributed by atoms with Gasteiger partial charge in [-0.05, 0) is 251 Å². The van der Waals surface area contributed by atoms with E-state index in [1.54, 1.807) is 114 Å². The van der Waals surface area contributed by atoms with E-state index in [2.05, 4.69) is 46.5 Å². The van der Waals surface area contributed by atoms with Gasteiger partial charge in [-0.25, -0.2) is 4.79 Å². The third-order valence-corrected chi connectivity index (χ3v) is 22.5. The van der Waals surface area contributed by atoms with Gasteiger partial charge in [-0.15, -0.1) is 79.4 Å². The van der Waals surface area contributed by atoms with E-state index in [4.69, 9.17) is 46.0 Å². The van der Waals surface area contributed by atoms with Gasteiger partial charge in [0, 0.05) is 79.1 Å². The number of carbonyl (C=O) groups is 9. The number of aryl methyl sites for hydroxylation is 8. The fourth-order valence-electron chi connectivity index (χ4n) is 9.02. The number of carboxylic acids is 9. The number of hydrogen-bond acceptors (Lipinski definition) is 18.